The molecule has 0 bridgehead atoms. The SMILES string of the molecule is CCCCC(NC(=O)CCc1cc(OC)cc(OC)c1)C(=O)O. The van der Waals surface area contributed by atoms with E-state index >= 15 is 0 Å². The van der Waals surface area contributed by atoms with Gasteiger partial charge in [0, 0.05) is 12.5 Å². The van der Waals surface area contributed by atoms with Gasteiger partial charge in [0.25, 0.3) is 0 Å². The highest BCUT2D eigenvalue weighted by atomic mass is 16.5. The highest BCUT2D eigenvalue weighted by molar-refractivity contribution is 5.83. The summed E-state index contributed by atoms with van der Waals surface area (Å²) in [5.41, 5.74) is 0.900. The number of unbranched alkanes of at least 4 members (excludes halogenated alkanes) is 1. The number of aryl methyl sites for hydroxylation is 1. The maximum absolute atomic E-state index is 12.0. The third kappa shape index (κ3) is 6.59. The van der Waals surface area contributed by atoms with E-state index in [9.17, 15) is 9.59 Å². The molecule has 6 heteroatoms. The average molecular weight is 323 g/mol. The van der Waals surface area contributed by atoms with Crippen molar-refractivity contribution in [2.75, 3.05) is 14.2 Å². The van der Waals surface area contributed by atoms with Crippen molar-refractivity contribution < 1.29 is 24.2 Å². The van der Waals surface area contributed by atoms with Gasteiger partial charge in [0.2, 0.25) is 5.91 Å². The molecule has 1 amide bonds. The molecule has 128 valence electrons. The predicted octanol–water partition coefficient (Wildman–Crippen LogP) is 2.40. The summed E-state index contributed by atoms with van der Waals surface area (Å²) in [5.74, 6) is 0.0578. The van der Waals surface area contributed by atoms with Gasteiger partial charge in [-0.15, -0.1) is 0 Å². The Hall–Kier alpha value is -2.24. The van der Waals surface area contributed by atoms with Gasteiger partial charge in [0.05, 0.1) is 14.2 Å². The van der Waals surface area contributed by atoms with Crippen LogP contribution in [-0.2, 0) is 16.0 Å². The first-order chi connectivity index (χ1) is 11.0. The van der Waals surface area contributed by atoms with Crippen molar-refractivity contribution in [3.63, 3.8) is 0 Å². The van der Waals surface area contributed by atoms with Crippen LogP contribution in [0, 0.1) is 0 Å². The van der Waals surface area contributed by atoms with Crippen LogP contribution >= 0.6 is 0 Å². The Morgan fingerprint density at radius 3 is 2.26 bits per heavy atom. The smallest absolute Gasteiger partial charge is 0.326 e. The molecule has 23 heavy (non-hydrogen) atoms. The second kappa shape index (κ2) is 9.71. The summed E-state index contributed by atoms with van der Waals surface area (Å²) in [6, 6.07) is 4.61. The summed E-state index contributed by atoms with van der Waals surface area (Å²) >= 11 is 0. The first kappa shape index (κ1) is 18.8. The van der Waals surface area contributed by atoms with Crippen molar-refractivity contribution in [3.05, 3.63) is 23.8 Å². The van der Waals surface area contributed by atoms with Gasteiger partial charge < -0.3 is 19.9 Å². The molecule has 1 aromatic rings. The predicted molar refractivity (Wildman–Crippen MR) is 87.0 cm³/mol. The summed E-state index contributed by atoms with van der Waals surface area (Å²) in [6.45, 7) is 1.98. The van der Waals surface area contributed by atoms with Gasteiger partial charge in [0.15, 0.2) is 0 Å². The minimum atomic E-state index is -0.991. The Balaban J connectivity index is 2.59. The number of ether oxygens (including phenoxy) is 2. The number of rotatable bonds is 10. The Morgan fingerprint density at radius 1 is 1.17 bits per heavy atom. The van der Waals surface area contributed by atoms with Crippen LogP contribution in [0.4, 0.5) is 0 Å². The molecule has 0 spiro atoms. The number of carbonyl (C=O) groups excluding carboxylic acids is 1. The Bertz CT molecular complexity index is 507. The van der Waals surface area contributed by atoms with E-state index < -0.39 is 12.0 Å². The molecule has 1 unspecified atom stereocenters. The van der Waals surface area contributed by atoms with E-state index in [4.69, 9.17) is 14.6 Å². The van der Waals surface area contributed by atoms with Crippen LogP contribution in [0.5, 0.6) is 11.5 Å². The molecule has 2 N–H and O–H groups in total. The number of carboxylic acid groups (broad SMARTS) is 1. The largest absolute Gasteiger partial charge is 0.497 e. The van der Waals surface area contributed by atoms with E-state index in [0.717, 1.165) is 18.4 Å². The number of nitrogens with one attached hydrogen (secondary N) is 1. The van der Waals surface area contributed by atoms with Gasteiger partial charge >= 0.3 is 5.97 Å². The van der Waals surface area contributed by atoms with Crippen LogP contribution in [0.15, 0.2) is 18.2 Å². The zero-order valence-corrected chi connectivity index (χ0v) is 13.9. The Morgan fingerprint density at radius 2 is 1.78 bits per heavy atom. The molecule has 0 aliphatic heterocycles. The average Bonchev–Trinajstić information content (AvgIpc) is 2.55. The molecule has 0 radical (unpaired) electrons. The van der Waals surface area contributed by atoms with Crippen LogP contribution in [0.1, 0.15) is 38.2 Å². The van der Waals surface area contributed by atoms with E-state index in [-0.39, 0.29) is 12.3 Å². The summed E-state index contributed by atoms with van der Waals surface area (Å²) in [7, 11) is 3.13. The molecular formula is C17H25NO5. The summed E-state index contributed by atoms with van der Waals surface area (Å²) in [5, 5.41) is 11.7. The van der Waals surface area contributed by atoms with Crippen LogP contribution in [0.25, 0.3) is 0 Å². The summed E-state index contributed by atoms with van der Waals surface area (Å²) in [6.07, 6.45) is 2.81. The fourth-order valence-corrected chi connectivity index (χ4v) is 2.20. The van der Waals surface area contributed by atoms with Gasteiger partial charge in [0.1, 0.15) is 17.5 Å². The molecule has 1 atom stereocenters. The number of methoxy groups -OCH3 is 2. The molecule has 0 aliphatic carbocycles. The van der Waals surface area contributed by atoms with Gasteiger partial charge in [-0.25, -0.2) is 4.79 Å². The van der Waals surface area contributed by atoms with Crippen LogP contribution in [0.2, 0.25) is 0 Å². The number of carbonyl (C=O) groups is 2. The van der Waals surface area contributed by atoms with Gasteiger partial charge in [-0.05, 0) is 30.5 Å². The van der Waals surface area contributed by atoms with Gasteiger partial charge in [-0.2, -0.15) is 0 Å². The van der Waals surface area contributed by atoms with Crippen molar-refractivity contribution in [1.29, 1.82) is 0 Å². The van der Waals surface area contributed by atoms with Crippen molar-refractivity contribution in [2.24, 2.45) is 0 Å². The molecule has 0 saturated heterocycles. The zero-order valence-electron chi connectivity index (χ0n) is 13.9. The van der Waals surface area contributed by atoms with Gasteiger partial charge in [-0.1, -0.05) is 19.8 Å². The van der Waals surface area contributed by atoms with Crippen LogP contribution in [0.3, 0.4) is 0 Å². The third-order valence-electron chi connectivity index (χ3n) is 3.53. The Labute approximate surface area is 136 Å². The lowest BCUT2D eigenvalue weighted by atomic mass is 10.1. The fraction of sp³-hybridized carbons (Fsp3) is 0.529. The second-order valence-electron chi connectivity index (χ2n) is 5.32. The van der Waals surface area contributed by atoms with Crippen LogP contribution < -0.4 is 14.8 Å². The molecule has 0 saturated carbocycles. The van der Waals surface area contributed by atoms with E-state index in [2.05, 4.69) is 5.32 Å². The number of amides is 1. The maximum atomic E-state index is 12.0. The molecule has 0 heterocycles. The third-order valence-corrected chi connectivity index (χ3v) is 3.53. The standard InChI is InChI=1S/C17H25NO5/c1-4-5-6-15(17(20)21)18-16(19)8-7-12-9-13(22-2)11-14(10-12)23-3/h9-11,15H,4-8H2,1-3H3,(H,18,19)(H,20,21). The van der Waals surface area contributed by atoms with Crippen molar-refractivity contribution in [3.8, 4) is 11.5 Å². The molecule has 0 fully saturated rings. The lowest BCUT2D eigenvalue weighted by Crippen LogP contribution is -2.40. The first-order valence-electron chi connectivity index (χ1n) is 7.74. The highest BCUT2D eigenvalue weighted by Crippen LogP contribution is 2.23. The zero-order chi connectivity index (χ0) is 17.2. The quantitative estimate of drug-likeness (QED) is 0.690. The van der Waals surface area contributed by atoms with Crippen molar-refractivity contribution >= 4 is 11.9 Å². The van der Waals surface area contributed by atoms with E-state index in [0.29, 0.717) is 24.3 Å². The number of benzene rings is 1. The molecule has 0 aliphatic rings. The number of hydrogen-bond acceptors (Lipinski definition) is 4. The number of hydrogen-bond donors (Lipinski definition) is 2. The normalized spacial score (nSPS) is 11.6. The van der Waals surface area contributed by atoms with Gasteiger partial charge in [-0.3, -0.25) is 4.79 Å². The van der Waals surface area contributed by atoms with E-state index in [1.54, 1.807) is 20.3 Å². The van der Waals surface area contributed by atoms with Crippen molar-refractivity contribution in [1.82, 2.24) is 5.32 Å². The number of carboxylic acids is 1. The minimum Gasteiger partial charge on any atom is -0.497 e. The topological polar surface area (TPSA) is 84.9 Å². The highest BCUT2D eigenvalue weighted by Gasteiger charge is 2.19. The summed E-state index contributed by atoms with van der Waals surface area (Å²) < 4.78 is 10.4. The van der Waals surface area contributed by atoms with E-state index in [1.807, 2.05) is 19.1 Å². The molecule has 1 aromatic carbocycles. The minimum absolute atomic E-state index is 0.215. The lowest BCUT2D eigenvalue weighted by Gasteiger charge is -2.14. The molecule has 6 nitrogen and oxygen atoms in total. The number of aliphatic carboxylic acids is 1. The lowest BCUT2D eigenvalue weighted by molar-refractivity contribution is -0.142. The fourth-order valence-electron chi connectivity index (χ4n) is 2.20. The monoisotopic (exact) mass is 323 g/mol. The first-order valence-corrected chi connectivity index (χ1v) is 7.74. The summed E-state index contributed by atoms with van der Waals surface area (Å²) in [4.78, 5) is 23.1. The van der Waals surface area contributed by atoms with E-state index in [1.165, 1.54) is 0 Å². The molecule has 0 aromatic heterocycles. The Kier molecular flexibility index (Phi) is 7.94. The van der Waals surface area contributed by atoms with Crippen molar-refractivity contribution in [2.45, 2.75) is 45.1 Å². The molecule has 1 rings (SSSR count). The maximum Gasteiger partial charge on any atom is 0.326 e. The molecular weight excluding hydrogens is 298 g/mol. The van der Waals surface area contributed by atoms with Crippen LogP contribution in [-0.4, -0.2) is 37.2 Å². The second-order valence-corrected chi connectivity index (χ2v) is 5.32.